The number of carbonyl (C=O) groups excluding carboxylic acids is 1. The first kappa shape index (κ1) is 15.2. The third-order valence-corrected chi connectivity index (χ3v) is 3.84. The molecule has 2 heterocycles. The Kier molecular flexibility index (Phi) is 4.37. The molecule has 0 aliphatic carbocycles. The molecular weight excluding hydrogens is 288 g/mol. The van der Waals surface area contributed by atoms with Crippen LogP contribution in [-0.2, 0) is 12.8 Å². The molecular formula is C18H20N4O. The van der Waals surface area contributed by atoms with Gasteiger partial charge in [-0.2, -0.15) is 19.6 Å². The maximum Gasteiger partial charge on any atom is 0.369 e. The lowest BCUT2D eigenvalue weighted by Gasteiger charge is -2.08. The van der Waals surface area contributed by atoms with Gasteiger partial charge < -0.3 is 0 Å². The highest BCUT2D eigenvalue weighted by atomic mass is 16.2. The lowest BCUT2D eigenvalue weighted by Crippen LogP contribution is -2.22. The highest BCUT2D eigenvalue weighted by Gasteiger charge is 2.22. The summed E-state index contributed by atoms with van der Waals surface area (Å²) in [5, 5.41) is 8.65. The van der Waals surface area contributed by atoms with Crippen molar-refractivity contribution < 1.29 is 4.79 Å². The normalized spacial score (nSPS) is 10.9. The van der Waals surface area contributed by atoms with E-state index in [9.17, 15) is 4.79 Å². The third-order valence-electron chi connectivity index (χ3n) is 3.84. The Morgan fingerprint density at radius 3 is 2.52 bits per heavy atom. The number of nitrogens with zero attached hydrogens (tertiary/aromatic N) is 4. The van der Waals surface area contributed by atoms with Crippen molar-refractivity contribution in [2.45, 2.75) is 33.1 Å². The summed E-state index contributed by atoms with van der Waals surface area (Å²) in [5.74, 6) is 0. The number of hydrogen-bond acceptors (Lipinski definition) is 3. The van der Waals surface area contributed by atoms with Crippen LogP contribution < -0.4 is 0 Å². The van der Waals surface area contributed by atoms with Crippen molar-refractivity contribution >= 4 is 6.03 Å². The SMILES string of the molecule is CCCc1nn(C(=O)n2cccn2)c(-c2ccccc2)c1CC. The minimum absolute atomic E-state index is 0.258. The van der Waals surface area contributed by atoms with Gasteiger partial charge in [0.2, 0.25) is 0 Å². The Morgan fingerprint density at radius 2 is 1.91 bits per heavy atom. The lowest BCUT2D eigenvalue weighted by atomic mass is 10.0. The maximum absolute atomic E-state index is 12.8. The van der Waals surface area contributed by atoms with Gasteiger partial charge in [0.05, 0.1) is 11.4 Å². The first-order chi connectivity index (χ1) is 11.3. The van der Waals surface area contributed by atoms with Crippen molar-refractivity contribution in [3.8, 4) is 11.3 Å². The average molecular weight is 308 g/mol. The predicted molar refractivity (Wildman–Crippen MR) is 89.5 cm³/mol. The zero-order valence-electron chi connectivity index (χ0n) is 13.4. The highest BCUT2D eigenvalue weighted by Crippen LogP contribution is 2.28. The molecule has 0 fully saturated rings. The van der Waals surface area contributed by atoms with Gasteiger partial charge in [0.1, 0.15) is 0 Å². The van der Waals surface area contributed by atoms with E-state index in [1.165, 1.54) is 9.36 Å². The molecule has 0 saturated carbocycles. The second kappa shape index (κ2) is 6.60. The fourth-order valence-electron chi connectivity index (χ4n) is 2.81. The van der Waals surface area contributed by atoms with E-state index >= 15 is 0 Å². The van der Waals surface area contributed by atoms with E-state index in [2.05, 4.69) is 24.0 Å². The molecule has 2 aromatic heterocycles. The molecule has 0 aliphatic heterocycles. The second-order valence-corrected chi connectivity index (χ2v) is 5.39. The molecule has 3 aromatic rings. The zero-order chi connectivity index (χ0) is 16.2. The Morgan fingerprint density at radius 1 is 1.13 bits per heavy atom. The summed E-state index contributed by atoms with van der Waals surface area (Å²) in [6, 6.07) is 11.4. The molecule has 0 amide bonds. The maximum atomic E-state index is 12.8. The number of hydrogen-bond donors (Lipinski definition) is 0. The zero-order valence-corrected chi connectivity index (χ0v) is 13.4. The largest absolute Gasteiger partial charge is 0.369 e. The fourth-order valence-corrected chi connectivity index (χ4v) is 2.81. The van der Waals surface area contributed by atoms with E-state index in [1.807, 2.05) is 30.3 Å². The lowest BCUT2D eigenvalue weighted by molar-refractivity contribution is 0.238. The smallest absolute Gasteiger partial charge is 0.244 e. The van der Waals surface area contributed by atoms with Gasteiger partial charge in [-0.25, -0.2) is 4.79 Å². The van der Waals surface area contributed by atoms with Gasteiger partial charge in [0, 0.05) is 23.5 Å². The van der Waals surface area contributed by atoms with Gasteiger partial charge in [-0.15, -0.1) is 0 Å². The summed E-state index contributed by atoms with van der Waals surface area (Å²) < 4.78 is 2.81. The molecule has 0 atom stereocenters. The van der Waals surface area contributed by atoms with E-state index in [0.29, 0.717) is 0 Å². The van der Waals surface area contributed by atoms with Gasteiger partial charge in [-0.05, 0) is 18.9 Å². The van der Waals surface area contributed by atoms with Crippen LogP contribution in [0.3, 0.4) is 0 Å². The van der Waals surface area contributed by atoms with Crippen LogP contribution >= 0.6 is 0 Å². The average Bonchev–Trinajstić information content (AvgIpc) is 3.23. The molecule has 1 aromatic carbocycles. The number of rotatable bonds is 4. The first-order valence-corrected chi connectivity index (χ1v) is 7.96. The van der Waals surface area contributed by atoms with Crippen LogP contribution in [-0.4, -0.2) is 25.6 Å². The summed E-state index contributed by atoms with van der Waals surface area (Å²) in [5.41, 5.74) is 4.00. The van der Waals surface area contributed by atoms with Crippen molar-refractivity contribution in [2.24, 2.45) is 0 Å². The van der Waals surface area contributed by atoms with Crippen LogP contribution in [0.2, 0.25) is 0 Å². The molecule has 118 valence electrons. The monoisotopic (exact) mass is 308 g/mol. The van der Waals surface area contributed by atoms with Crippen LogP contribution in [0.25, 0.3) is 11.3 Å². The van der Waals surface area contributed by atoms with E-state index in [0.717, 1.165) is 41.8 Å². The molecule has 0 N–H and O–H groups in total. The number of aromatic nitrogens is 4. The van der Waals surface area contributed by atoms with Crippen molar-refractivity contribution in [3.05, 3.63) is 60.0 Å². The molecule has 5 nitrogen and oxygen atoms in total. The minimum Gasteiger partial charge on any atom is -0.244 e. The predicted octanol–water partition coefficient (Wildman–Crippen LogP) is 3.78. The molecule has 0 bridgehead atoms. The Balaban J connectivity index is 2.20. The number of carbonyl (C=O) groups is 1. The van der Waals surface area contributed by atoms with Crippen molar-refractivity contribution in [1.82, 2.24) is 19.6 Å². The topological polar surface area (TPSA) is 52.7 Å². The standard InChI is InChI=1S/C18H20N4O/c1-3-9-16-15(4-2)17(14-10-6-5-7-11-14)22(20-16)18(23)21-13-8-12-19-21/h5-8,10-13H,3-4,9H2,1-2H3. The molecule has 0 spiro atoms. The summed E-state index contributed by atoms with van der Waals surface area (Å²) in [4.78, 5) is 12.8. The van der Waals surface area contributed by atoms with Gasteiger partial charge in [0.15, 0.2) is 0 Å². The Labute approximate surface area is 135 Å². The van der Waals surface area contributed by atoms with Crippen LogP contribution in [0.15, 0.2) is 48.8 Å². The van der Waals surface area contributed by atoms with Crippen LogP contribution in [0.1, 0.15) is 31.5 Å². The molecule has 0 saturated heterocycles. The number of benzene rings is 1. The van der Waals surface area contributed by atoms with Crippen LogP contribution in [0, 0.1) is 0 Å². The van der Waals surface area contributed by atoms with Gasteiger partial charge >= 0.3 is 6.03 Å². The highest BCUT2D eigenvalue weighted by molar-refractivity contribution is 5.84. The van der Waals surface area contributed by atoms with Crippen LogP contribution in [0.4, 0.5) is 4.79 Å². The molecule has 3 rings (SSSR count). The summed E-state index contributed by atoms with van der Waals surface area (Å²) in [6.45, 7) is 4.22. The summed E-state index contributed by atoms with van der Waals surface area (Å²) in [7, 11) is 0. The summed E-state index contributed by atoms with van der Waals surface area (Å²) >= 11 is 0. The molecule has 5 heteroatoms. The Hall–Kier alpha value is -2.69. The van der Waals surface area contributed by atoms with E-state index < -0.39 is 0 Å². The van der Waals surface area contributed by atoms with Gasteiger partial charge in [-0.1, -0.05) is 50.6 Å². The van der Waals surface area contributed by atoms with Gasteiger partial charge in [-0.3, -0.25) is 0 Å². The van der Waals surface area contributed by atoms with E-state index in [4.69, 9.17) is 0 Å². The molecule has 0 unspecified atom stereocenters. The van der Waals surface area contributed by atoms with Crippen molar-refractivity contribution in [3.63, 3.8) is 0 Å². The first-order valence-electron chi connectivity index (χ1n) is 7.96. The van der Waals surface area contributed by atoms with Gasteiger partial charge in [0.25, 0.3) is 0 Å². The Bertz CT molecular complexity index is 788. The van der Waals surface area contributed by atoms with Crippen molar-refractivity contribution in [1.29, 1.82) is 0 Å². The summed E-state index contributed by atoms with van der Waals surface area (Å²) in [6.07, 6.45) is 5.93. The minimum atomic E-state index is -0.258. The molecule has 0 radical (unpaired) electrons. The molecule has 23 heavy (non-hydrogen) atoms. The fraction of sp³-hybridized carbons (Fsp3) is 0.278. The second-order valence-electron chi connectivity index (χ2n) is 5.39. The molecule has 0 aliphatic rings. The van der Waals surface area contributed by atoms with E-state index in [-0.39, 0.29) is 6.03 Å². The van der Waals surface area contributed by atoms with E-state index in [1.54, 1.807) is 18.5 Å². The van der Waals surface area contributed by atoms with Crippen LogP contribution in [0.5, 0.6) is 0 Å². The number of aryl methyl sites for hydroxylation is 1. The van der Waals surface area contributed by atoms with Crippen molar-refractivity contribution in [2.75, 3.05) is 0 Å². The third kappa shape index (κ3) is 2.82. The quantitative estimate of drug-likeness (QED) is 0.737.